The summed E-state index contributed by atoms with van der Waals surface area (Å²) in [5.74, 6) is -0.104. The third kappa shape index (κ3) is 2.72. The predicted molar refractivity (Wildman–Crippen MR) is 66.5 cm³/mol. The number of carboxylic acid groups (broad SMARTS) is 1. The number of aromatic amines is 1. The summed E-state index contributed by atoms with van der Waals surface area (Å²) in [5.41, 5.74) is 1.75. The number of carboxylic acids is 1. The van der Waals surface area contributed by atoms with E-state index in [1.54, 1.807) is 7.11 Å². The first-order valence-corrected chi connectivity index (χ1v) is 6.26. The Morgan fingerprint density at radius 1 is 1.61 bits per heavy atom. The Kier molecular flexibility index (Phi) is 3.43. The Morgan fingerprint density at radius 2 is 2.33 bits per heavy atom. The van der Waals surface area contributed by atoms with E-state index >= 15 is 0 Å². The summed E-state index contributed by atoms with van der Waals surface area (Å²) in [5, 5.41) is 9.04. The normalized spacial score (nSPS) is 19.6. The van der Waals surface area contributed by atoms with Gasteiger partial charge in [0.15, 0.2) is 0 Å². The predicted octanol–water partition coefficient (Wildman–Crippen LogP) is 1.57. The Labute approximate surface area is 107 Å². The lowest BCUT2D eigenvalue weighted by atomic mass is 9.90. The molecule has 1 aromatic rings. The second-order valence-electron chi connectivity index (χ2n) is 5.53. The van der Waals surface area contributed by atoms with Gasteiger partial charge in [-0.2, -0.15) is 0 Å². The number of methoxy groups -OCH3 is 1. The van der Waals surface area contributed by atoms with Gasteiger partial charge >= 0.3 is 5.97 Å². The maximum absolute atomic E-state index is 11.0. The third-order valence-corrected chi connectivity index (χ3v) is 3.59. The van der Waals surface area contributed by atoms with Gasteiger partial charge in [0.2, 0.25) is 0 Å². The van der Waals surface area contributed by atoms with Gasteiger partial charge in [0.1, 0.15) is 5.82 Å². The number of nitrogens with zero attached hydrogens (tertiary/aromatic N) is 1. The zero-order valence-corrected chi connectivity index (χ0v) is 11.1. The number of imidazole rings is 1. The number of aryl methyl sites for hydroxylation is 1. The first kappa shape index (κ1) is 13.1. The molecule has 1 unspecified atom stereocenters. The topological polar surface area (TPSA) is 75.2 Å². The van der Waals surface area contributed by atoms with E-state index < -0.39 is 5.97 Å². The van der Waals surface area contributed by atoms with Crippen molar-refractivity contribution in [3.63, 3.8) is 0 Å². The van der Waals surface area contributed by atoms with Crippen LogP contribution in [0.2, 0.25) is 0 Å². The number of carbonyl (C=O) groups is 1. The molecule has 1 heterocycles. The fourth-order valence-corrected chi connectivity index (χ4v) is 2.31. The van der Waals surface area contributed by atoms with Gasteiger partial charge in [-0.25, -0.2) is 4.98 Å². The number of ether oxygens (including phenoxy) is 1. The summed E-state index contributed by atoms with van der Waals surface area (Å²) in [6, 6.07) is 0. The molecule has 0 saturated heterocycles. The SMILES string of the molecule is COC(C)(C)Cc1nc2c([nH]1)CC(C(=O)O)CC2. The first-order valence-electron chi connectivity index (χ1n) is 6.26. The lowest BCUT2D eigenvalue weighted by Gasteiger charge is -2.21. The molecule has 5 heteroatoms. The van der Waals surface area contributed by atoms with Crippen LogP contribution >= 0.6 is 0 Å². The van der Waals surface area contributed by atoms with Crippen molar-refractivity contribution < 1.29 is 14.6 Å². The molecule has 0 fully saturated rings. The number of aliphatic carboxylic acids is 1. The smallest absolute Gasteiger partial charge is 0.306 e. The molecule has 0 spiro atoms. The quantitative estimate of drug-likeness (QED) is 0.852. The van der Waals surface area contributed by atoms with E-state index in [1.807, 2.05) is 13.8 Å². The number of aromatic nitrogens is 2. The number of rotatable bonds is 4. The van der Waals surface area contributed by atoms with Crippen LogP contribution in [0.25, 0.3) is 0 Å². The lowest BCUT2D eigenvalue weighted by Crippen LogP contribution is -2.26. The molecule has 5 nitrogen and oxygen atoms in total. The highest BCUT2D eigenvalue weighted by atomic mass is 16.5. The van der Waals surface area contributed by atoms with Gasteiger partial charge in [0, 0.05) is 25.6 Å². The molecule has 0 bridgehead atoms. The zero-order chi connectivity index (χ0) is 13.3. The highest BCUT2D eigenvalue weighted by Gasteiger charge is 2.28. The molecular weight excluding hydrogens is 232 g/mol. The van der Waals surface area contributed by atoms with Crippen LogP contribution in [0.1, 0.15) is 37.5 Å². The summed E-state index contributed by atoms with van der Waals surface area (Å²) in [6.07, 6.45) is 2.69. The average Bonchev–Trinajstić information content (AvgIpc) is 2.68. The van der Waals surface area contributed by atoms with Crippen molar-refractivity contribution in [1.82, 2.24) is 9.97 Å². The molecular formula is C13H20N2O3. The average molecular weight is 252 g/mol. The molecule has 1 atom stereocenters. The van der Waals surface area contributed by atoms with E-state index in [1.165, 1.54) is 0 Å². The van der Waals surface area contributed by atoms with Gasteiger partial charge in [0.05, 0.1) is 17.2 Å². The highest BCUT2D eigenvalue weighted by Crippen LogP contribution is 2.25. The molecule has 0 aliphatic heterocycles. The monoisotopic (exact) mass is 252 g/mol. The minimum absolute atomic E-state index is 0.257. The van der Waals surface area contributed by atoms with Gasteiger partial charge < -0.3 is 14.8 Å². The zero-order valence-electron chi connectivity index (χ0n) is 11.1. The maximum atomic E-state index is 11.0. The largest absolute Gasteiger partial charge is 0.481 e. The second kappa shape index (κ2) is 4.72. The van der Waals surface area contributed by atoms with Crippen LogP contribution < -0.4 is 0 Å². The molecule has 1 aliphatic carbocycles. The number of nitrogens with one attached hydrogen (secondary N) is 1. The number of hydrogen-bond donors (Lipinski definition) is 2. The van der Waals surface area contributed by atoms with Crippen LogP contribution in [0.5, 0.6) is 0 Å². The Hall–Kier alpha value is -1.36. The summed E-state index contributed by atoms with van der Waals surface area (Å²) < 4.78 is 5.38. The van der Waals surface area contributed by atoms with Crippen molar-refractivity contribution in [2.24, 2.45) is 5.92 Å². The van der Waals surface area contributed by atoms with Gasteiger partial charge in [-0.1, -0.05) is 0 Å². The fraction of sp³-hybridized carbons (Fsp3) is 0.692. The molecule has 18 heavy (non-hydrogen) atoms. The molecule has 2 N–H and O–H groups in total. The minimum atomic E-state index is -0.714. The second-order valence-corrected chi connectivity index (χ2v) is 5.53. The van der Waals surface area contributed by atoms with Gasteiger partial charge in [-0.15, -0.1) is 0 Å². The van der Waals surface area contributed by atoms with Crippen molar-refractivity contribution in [1.29, 1.82) is 0 Å². The van der Waals surface area contributed by atoms with E-state index in [9.17, 15) is 4.79 Å². The summed E-state index contributed by atoms with van der Waals surface area (Å²) in [7, 11) is 1.68. The van der Waals surface area contributed by atoms with Crippen LogP contribution in [-0.2, 0) is 28.8 Å². The van der Waals surface area contributed by atoms with Crippen LogP contribution in [-0.4, -0.2) is 33.8 Å². The van der Waals surface area contributed by atoms with Crippen molar-refractivity contribution in [2.75, 3.05) is 7.11 Å². The van der Waals surface area contributed by atoms with Crippen molar-refractivity contribution in [3.05, 3.63) is 17.2 Å². The minimum Gasteiger partial charge on any atom is -0.481 e. The van der Waals surface area contributed by atoms with Gasteiger partial charge in [0.25, 0.3) is 0 Å². The molecule has 1 aromatic heterocycles. The summed E-state index contributed by atoms with van der Waals surface area (Å²) in [6.45, 7) is 4.02. The Balaban J connectivity index is 2.13. The van der Waals surface area contributed by atoms with Crippen LogP contribution in [0.4, 0.5) is 0 Å². The van der Waals surface area contributed by atoms with E-state index in [-0.39, 0.29) is 11.5 Å². The van der Waals surface area contributed by atoms with Crippen molar-refractivity contribution >= 4 is 5.97 Å². The van der Waals surface area contributed by atoms with Crippen LogP contribution in [0, 0.1) is 5.92 Å². The van der Waals surface area contributed by atoms with E-state index in [4.69, 9.17) is 9.84 Å². The maximum Gasteiger partial charge on any atom is 0.306 e. The van der Waals surface area contributed by atoms with Crippen LogP contribution in [0.3, 0.4) is 0 Å². The number of fused-ring (bicyclic) bond motifs is 1. The molecule has 2 rings (SSSR count). The Morgan fingerprint density at radius 3 is 2.94 bits per heavy atom. The molecule has 0 radical (unpaired) electrons. The molecule has 100 valence electrons. The first-order chi connectivity index (χ1) is 8.41. The Bertz CT molecular complexity index is 451. The van der Waals surface area contributed by atoms with E-state index in [2.05, 4.69) is 9.97 Å². The molecule has 1 aliphatic rings. The standard InChI is InChI=1S/C13H20N2O3/c1-13(2,18-3)7-11-14-9-5-4-8(12(16)17)6-10(9)15-11/h8H,4-7H2,1-3H3,(H,14,15)(H,16,17). The summed E-state index contributed by atoms with van der Waals surface area (Å²) in [4.78, 5) is 18.8. The van der Waals surface area contributed by atoms with E-state index in [0.717, 1.165) is 23.6 Å². The van der Waals surface area contributed by atoms with E-state index in [0.29, 0.717) is 19.3 Å². The molecule has 0 saturated carbocycles. The number of hydrogen-bond acceptors (Lipinski definition) is 3. The van der Waals surface area contributed by atoms with Crippen molar-refractivity contribution in [2.45, 2.75) is 45.1 Å². The highest BCUT2D eigenvalue weighted by molar-refractivity contribution is 5.70. The number of H-pyrrole nitrogens is 1. The summed E-state index contributed by atoms with van der Waals surface area (Å²) >= 11 is 0. The van der Waals surface area contributed by atoms with Crippen molar-refractivity contribution in [3.8, 4) is 0 Å². The van der Waals surface area contributed by atoms with Gasteiger partial charge in [-0.3, -0.25) is 4.79 Å². The molecule has 0 aromatic carbocycles. The van der Waals surface area contributed by atoms with Crippen LogP contribution in [0.15, 0.2) is 0 Å². The fourth-order valence-electron chi connectivity index (χ4n) is 2.31. The lowest BCUT2D eigenvalue weighted by molar-refractivity contribution is -0.142. The molecule has 0 amide bonds. The third-order valence-electron chi connectivity index (χ3n) is 3.59. The van der Waals surface area contributed by atoms with Gasteiger partial charge in [-0.05, 0) is 26.7 Å².